The van der Waals surface area contributed by atoms with Crippen molar-refractivity contribution in [3.63, 3.8) is 0 Å². The summed E-state index contributed by atoms with van der Waals surface area (Å²) >= 11 is 4.24. The number of carbonyl (C=O) groups excluding carboxylic acids is 1. The molecule has 0 atom stereocenters. The minimum absolute atomic E-state index is 0.0117. The second-order valence-corrected chi connectivity index (χ2v) is 4.42. The molecule has 0 radical (unpaired) electrons. The van der Waals surface area contributed by atoms with Gasteiger partial charge in [0.05, 0.1) is 5.88 Å². The normalized spacial score (nSPS) is 12.9. The summed E-state index contributed by atoms with van der Waals surface area (Å²) < 4.78 is 0. The lowest BCUT2D eigenvalue weighted by molar-refractivity contribution is -0.112. The zero-order chi connectivity index (χ0) is 10.6. The molecule has 0 heterocycles. The Hall–Kier alpha value is -0.440. The highest BCUT2D eigenvalue weighted by Gasteiger charge is 2.19. The van der Waals surface area contributed by atoms with Gasteiger partial charge in [-0.05, 0) is 40.7 Å². The van der Waals surface area contributed by atoms with Crippen molar-refractivity contribution in [3.8, 4) is 0 Å². The van der Waals surface area contributed by atoms with E-state index in [0.29, 0.717) is 5.88 Å². The molecule has 3 heteroatoms. The number of thiol groups is 1. The van der Waals surface area contributed by atoms with Crippen molar-refractivity contribution in [1.82, 2.24) is 4.90 Å². The third kappa shape index (κ3) is 4.36. The molecule has 2 nitrogen and oxygen atoms in total. The molecular weight excluding hydrogens is 182 g/mol. The minimum Gasteiger partial charge on any atom is -0.361 e. The molecule has 0 N–H and O–H groups in total. The highest BCUT2D eigenvalue weighted by molar-refractivity contribution is 7.80. The van der Waals surface area contributed by atoms with Crippen LogP contribution < -0.4 is 0 Å². The number of ketones is 1. The lowest BCUT2D eigenvalue weighted by atomic mass is 10.1. The van der Waals surface area contributed by atoms with Crippen LogP contribution in [0.15, 0.2) is 11.8 Å². The molecule has 0 spiro atoms. The van der Waals surface area contributed by atoms with E-state index in [1.54, 1.807) is 13.0 Å². The summed E-state index contributed by atoms with van der Waals surface area (Å²) in [7, 11) is 0. The van der Waals surface area contributed by atoms with Crippen LogP contribution in [0.25, 0.3) is 0 Å². The van der Waals surface area contributed by atoms with Crippen molar-refractivity contribution >= 4 is 18.4 Å². The van der Waals surface area contributed by atoms with E-state index in [1.807, 2.05) is 6.92 Å². The Labute approximate surface area is 86.4 Å². The van der Waals surface area contributed by atoms with Crippen LogP contribution in [-0.2, 0) is 4.79 Å². The highest BCUT2D eigenvalue weighted by Crippen LogP contribution is 2.19. The summed E-state index contributed by atoms with van der Waals surface area (Å²) in [6.07, 6.45) is 1.64. The van der Waals surface area contributed by atoms with Crippen LogP contribution >= 0.6 is 12.6 Å². The van der Waals surface area contributed by atoms with Gasteiger partial charge in [-0.15, -0.1) is 0 Å². The molecule has 0 bridgehead atoms. The highest BCUT2D eigenvalue weighted by atomic mass is 32.1. The number of rotatable bonds is 3. The molecule has 0 aromatic carbocycles. The second-order valence-electron chi connectivity index (χ2n) is 4.14. The average molecular weight is 201 g/mol. The Kier molecular flexibility index (Phi) is 4.54. The fourth-order valence-corrected chi connectivity index (χ4v) is 1.87. The Morgan fingerprint density at radius 1 is 1.38 bits per heavy atom. The molecule has 0 aliphatic rings. The predicted octanol–water partition coefficient (Wildman–Crippen LogP) is 2.47. The average Bonchev–Trinajstić information content (AvgIpc) is 1.82. The van der Waals surface area contributed by atoms with E-state index in [9.17, 15) is 4.79 Å². The molecule has 13 heavy (non-hydrogen) atoms. The van der Waals surface area contributed by atoms with E-state index in [1.165, 1.54) is 0 Å². The molecule has 0 saturated carbocycles. The van der Waals surface area contributed by atoms with Crippen LogP contribution in [0, 0.1) is 0 Å². The van der Waals surface area contributed by atoms with Crippen LogP contribution in [0.3, 0.4) is 0 Å². The van der Waals surface area contributed by atoms with E-state index in [2.05, 4.69) is 38.3 Å². The van der Waals surface area contributed by atoms with Gasteiger partial charge in [0, 0.05) is 11.2 Å². The fraction of sp³-hybridized carbons (Fsp3) is 0.700. The van der Waals surface area contributed by atoms with E-state index in [0.717, 1.165) is 5.70 Å². The van der Waals surface area contributed by atoms with Gasteiger partial charge in [-0.3, -0.25) is 4.79 Å². The fourth-order valence-electron chi connectivity index (χ4n) is 1.22. The summed E-state index contributed by atoms with van der Waals surface area (Å²) in [5.74, 6) is 0.701. The lowest BCUT2D eigenvalue weighted by Gasteiger charge is -2.36. The van der Waals surface area contributed by atoms with Crippen molar-refractivity contribution in [2.75, 3.05) is 5.88 Å². The van der Waals surface area contributed by atoms with E-state index in [-0.39, 0.29) is 11.3 Å². The van der Waals surface area contributed by atoms with Crippen LogP contribution in [-0.4, -0.2) is 22.1 Å². The summed E-state index contributed by atoms with van der Waals surface area (Å²) in [5.41, 5.74) is 0.979. The molecule has 0 saturated heterocycles. The molecule has 0 aromatic heterocycles. The van der Waals surface area contributed by atoms with Gasteiger partial charge >= 0.3 is 0 Å². The van der Waals surface area contributed by atoms with E-state index >= 15 is 0 Å². The topological polar surface area (TPSA) is 20.3 Å². The number of allylic oxidation sites excluding steroid dienone is 2. The molecule has 0 unspecified atom stereocenters. The van der Waals surface area contributed by atoms with Crippen molar-refractivity contribution in [2.45, 2.75) is 40.2 Å². The van der Waals surface area contributed by atoms with Crippen LogP contribution in [0.2, 0.25) is 0 Å². The summed E-state index contributed by atoms with van der Waals surface area (Å²) in [5, 5.41) is 0. The van der Waals surface area contributed by atoms with Gasteiger partial charge in [0.15, 0.2) is 5.78 Å². The molecule has 0 rings (SSSR count). The summed E-state index contributed by atoms with van der Waals surface area (Å²) in [6, 6.07) is 0. The van der Waals surface area contributed by atoms with Crippen molar-refractivity contribution in [1.29, 1.82) is 0 Å². The van der Waals surface area contributed by atoms with Crippen molar-refractivity contribution in [3.05, 3.63) is 11.8 Å². The lowest BCUT2D eigenvalue weighted by Crippen LogP contribution is -2.39. The monoisotopic (exact) mass is 201 g/mol. The molecule has 0 aliphatic heterocycles. The Morgan fingerprint density at radius 2 is 1.85 bits per heavy atom. The smallest absolute Gasteiger partial charge is 0.154 e. The number of hydrogen-bond donors (Lipinski definition) is 1. The quantitative estimate of drug-likeness (QED) is 0.430. The molecule has 0 aliphatic carbocycles. The maximum absolute atomic E-state index is 10.9. The summed E-state index contributed by atoms with van der Waals surface area (Å²) in [6.45, 7) is 9.79. The largest absolute Gasteiger partial charge is 0.361 e. The minimum atomic E-state index is 0.0117. The molecule has 0 amide bonds. The van der Waals surface area contributed by atoms with Gasteiger partial charge < -0.3 is 4.90 Å². The first kappa shape index (κ1) is 12.6. The zero-order valence-electron chi connectivity index (χ0n) is 9.09. The first-order chi connectivity index (χ1) is 5.79. The number of hydrogen-bond acceptors (Lipinski definition) is 3. The van der Waals surface area contributed by atoms with Crippen molar-refractivity contribution < 1.29 is 4.79 Å². The number of nitrogens with zero attached hydrogens (tertiary/aromatic N) is 1. The van der Waals surface area contributed by atoms with E-state index < -0.39 is 0 Å². The van der Waals surface area contributed by atoms with Crippen LogP contribution in [0.1, 0.15) is 34.6 Å². The van der Waals surface area contributed by atoms with Crippen LogP contribution in [0.4, 0.5) is 0 Å². The summed E-state index contributed by atoms with van der Waals surface area (Å²) in [4.78, 5) is 13.0. The Bertz CT molecular complexity index is 215. The first-order valence-electron chi connectivity index (χ1n) is 4.36. The van der Waals surface area contributed by atoms with Crippen molar-refractivity contribution in [2.24, 2.45) is 0 Å². The van der Waals surface area contributed by atoms with Gasteiger partial charge in [0.25, 0.3) is 0 Å². The standard InChI is InChI=1S/C10H19NOS/c1-8(6-9(2)12)11(7-13)10(3,4)5/h6,13H,7H2,1-5H3/b8-6-. The first-order valence-corrected chi connectivity index (χ1v) is 4.99. The maximum Gasteiger partial charge on any atom is 0.154 e. The van der Waals surface area contributed by atoms with Gasteiger partial charge in [-0.1, -0.05) is 0 Å². The predicted molar refractivity (Wildman–Crippen MR) is 59.9 cm³/mol. The molecule has 0 fully saturated rings. The zero-order valence-corrected chi connectivity index (χ0v) is 9.98. The molecule has 0 aromatic rings. The molecular formula is C10H19NOS. The Morgan fingerprint density at radius 3 is 2.08 bits per heavy atom. The van der Waals surface area contributed by atoms with Gasteiger partial charge in [0.2, 0.25) is 0 Å². The van der Waals surface area contributed by atoms with E-state index in [4.69, 9.17) is 0 Å². The maximum atomic E-state index is 10.9. The van der Waals surface area contributed by atoms with Gasteiger partial charge in [0.1, 0.15) is 0 Å². The Balaban J connectivity index is 4.69. The van der Waals surface area contributed by atoms with Gasteiger partial charge in [-0.2, -0.15) is 12.6 Å². The third-order valence-corrected chi connectivity index (χ3v) is 2.07. The SMILES string of the molecule is CC(=O)/C=C(/C)N(CS)C(C)(C)C. The second kappa shape index (κ2) is 4.70. The third-order valence-electron chi connectivity index (χ3n) is 1.79. The number of carbonyl (C=O) groups is 1. The molecule has 76 valence electrons. The van der Waals surface area contributed by atoms with Crippen LogP contribution in [0.5, 0.6) is 0 Å². The van der Waals surface area contributed by atoms with Gasteiger partial charge in [-0.25, -0.2) is 0 Å².